The highest BCUT2D eigenvalue weighted by molar-refractivity contribution is 5.95. The molecule has 7 heteroatoms. The average molecular weight is 418 g/mol. The van der Waals surface area contributed by atoms with Crippen LogP contribution < -0.4 is 5.32 Å². The Balaban J connectivity index is 1.92. The van der Waals surface area contributed by atoms with Crippen LogP contribution in [0.1, 0.15) is 46.8 Å². The molecule has 0 saturated carbocycles. The zero-order valence-electron chi connectivity index (χ0n) is 17.2. The van der Waals surface area contributed by atoms with E-state index in [4.69, 9.17) is 0 Å². The van der Waals surface area contributed by atoms with Crippen molar-refractivity contribution in [2.45, 2.75) is 38.9 Å². The maximum atomic E-state index is 13.2. The highest BCUT2D eigenvalue weighted by Gasteiger charge is 2.41. The molecule has 0 aromatic heterocycles. The maximum Gasteiger partial charge on any atom is 0.416 e. The Morgan fingerprint density at radius 2 is 1.73 bits per heavy atom. The minimum Gasteiger partial charge on any atom is -0.354 e. The van der Waals surface area contributed by atoms with Crippen molar-refractivity contribution in [1.29, 1.82) is 0 Å². The van der Waals surface area contributed by atoms with Crippen LogP contribution in [0.25, 0.3) is 0 Å². The first-order chi connectivity index (χ1) is 14.1. The number of aryl methyl sites for hydroxylation is 1. The van der Waals surface area contributed by atoms with Gasteiger partial charge in [-0.05, 0) is 44.5 Å². The van der Waals surface area contributed by atoms with Gasteiger partial charge in [0.25, 0.3) is 5.91 Å². The number of likely N-dealkylation sites (tertiary alicyclic amines) is 1. The van der Waals surface area contributed by atoms with E-state index in [1.165, 1.54) is 6.07 Å². The molecule has 2 atom stereocenters. The fourth-order valence-corrected chi connectivity index (χ4v) is 3.79. The number of carbonyl (C=O) groups excluding carboxylic acids is 2. The van der Waals surface area contributed by atoms with Gasteiger partial charge in [-0.3, -0.25) is 9.59 Å². The number of hydrogen-bond donors (Lipinski definition) is 1. The van der Waals surface area contributed by atoms with Crippen molar-refractivity contribution < 1.29 is 22.8 Å². The molecule has 3 rings (SSSR count). The Morgan fingerprint density at radius 3 is 2.33 bits per heavy atom. The number of carbonyl (C=O) groups is 2. The molecule has 160 valence electrons. The number of nitrogens with one attached hydrogen (secondary N) is 1. The minimum atomic E-state index is -4.47. The van der Waals surface area contributed by atoms with Gasteiger partial charge in [-0.15, -0.1) is 0 Å². The summed E-state index contributed by atoms with van der Waals surface area (Å²) < 4.78 is 39.6. The Bertz CT molecular complexity index is 923. The van der Waals surface area contributed by atoms with Crippen LogP contribution in [0.3, 0.4) is 0 Å². The van der Waals surface area contributed by atoms with Crippen molar-refractivity contribution in [3.63, 3.8) is 0 Å². The van der Waals surface area contributed by atoms with Crippen molar-refractivity contribution in [2.75, 3.05) is 13.1 Å². The van der Waals surface area contributed by atoms with Gasteiger partial charge in [-0.2, -0.15) is 13.2 Å². The van der Waals surface area contributed by atoms with E-state index in [9.17, 15) is 22.8 Å². The summed E-state index contributed by atoms with van der Waals surface area (Å²) in [4.78, 5) is 27.3. The molecule has 1 heterocycles. The summed E-state index contributed by atoms with van der Waals surface area (Å²) >= 11 is 0. The summed E-state index contributed by atoms with van der Waals surface area (Å²) in [5.74, 6) is -1.62. The lowest BCUT2D eigenvalue weighted by atomic mass is 9.87. The Labute approximate surface area is 174 Å². The van der Waals surface area contributed by atoms with E-state index in [1.807, 2.05) is 32.9 Å². The average Bonchev–Trinajstić information content (AvgIpc) is 3.12. The molecule has 2 aromatic rings. The van der Waals surface area contributed by atoms with E-state index in [0.29, 0.717) is 11.1 Å². The zero-order valence-corrected chi connectivity index (χ0v) is 17.2. The Hall–Kier alpha value is -2.83. The van der Waals surface area contributed by atoms with Gasteiger partial charge in [0.05, 0.1) is 11.5 Å². The zero-order chi connectivity index (χ0) is 22.1. The number of alkyl halides is 3. The Morgan fingerprint density at radius 1 is 1.07 bits per heavy atom. The third-order valence-electron chi connectivity index (χ3n) is 5.32. The van der Waals surface area contributed by atoms with Crippen LogP contribution in [0.5, 0.6) is 0 Å². The molecular formula is C23H25F3N2O2. The fourth-order valence-electron chi connectivity index (χ4n) is 3.79. The molecule has 0 aliphatic carbocycles. The van der Waals surface area contributed by atoms with Gasteiger partial charge in [-0.1, -0.05) is 35.9 Å². The topological polar surface area (TPSA) is 49.4 Å². The number of rotatable bonds is 4. The fraction of sp³-hybridized carbons (Fsp3) is 0.391. The molecule has 1 fully saturated rings. The molecule has 1 saturated heterocycles. The summed E-state index contributed by atoms with van der Waals surface area (Å²) in [5, 5.41) is 2.84. The minimum absolute atomic E-state index is 0.110. The Kier molecular flexibility index (Phi) is 6.19. The van der Waals surface area contributed by atoms with Crippen molar-refractivity contribution in [2.24, 2.45) is 5.92 Å². The van der Waals surface area contributed by atoms with Crippen LogP contribution in [-0.2, 0) is 11.0 Å². The van der Waals surface area contributed by atoms with Gasteiger partial charge >= 0.3 is 6.18 Å². The van der Waals surface area contributed by atoms with E-state index in [-0.39, 0.29) is 30.9 Å². The molecule has 4 nitrogen and oxygen atoms in total. The second kappa shape index (κ2) is 8.50. The lowest BCUT2D eigenvalue weighted by Crippen LogP contribution is -2.39. The first kappa shape index (κ1) is 21.9. The summed E-state index contributed by atoms with van der Waals surface area (Å²) in [7, 11) is 0. The van der Waals surface area contributed by atoms with Gasteiger partial charge < -0.3 is 10.2 Å². The quantitative estimate of drug-likeness (QED) is 0.801. The monoisotopic (exact) mass is 418 g/mol. The van der Waals surface area contributed by atoms with Crippen molar-refractivity contribution in [3.8, 4) is 0 Å². The highest BCUT2D eigenvalue weighted by atomic mass is 19.4. The number of amides is 2. The number of hydrogen-bond acceptors (Lipinski definition) is 2. The summed E-state index contributed by atoms with van der Waals surface area (Å²) in [6.45, 7) is 5.90. The lowest BCUT2D eigenvalue weighted by Gasteiger charge is -2.20. The van der Waals surface area contributed by atoms with Crippen LogP contribution in [-0.4, -0.2) is 35.8 Å². The van der Waals surface area contributed by atoms with E-state index in [2.05, 4.69) is 5.32 Å². The largest absolute Gasteiger partial charge is 0.416 e. The smallest absolute Gasteiger partial charge is 0.354 e. The van der Waals surface area contributed by atoms with Gasteiger partial charge in [0.2, 0.25) is 5.91 Å². The van der Waals surface area contributed by atoms with Gasteiger partial charge in [0.1, 0.15) is 0 Å². The SMILES string of the molecule is Cc1ccc(C(=O)N2C[C@@H](C(=O)NC(C)C)[C@H](c3cccc(C(F)(F)F)c3)C2)cc1. The molecule has 0 bridgehead atoms. The number of benzene rings is 2. The second-order valence-electron chi connectivity index (χ2n) is 8.08. The number of halogens is 3. The van der Waals surface area contributed by atoms with Crippen LogP contribution in [0.2, 0.25) is 0 Å². The summed E-state index contributed by atoms with van der Waals surface area (Å²) in [6.07, 6.45) is -4.47. The molecule has 0 spiro atoms. The van der Waals surface area contributed by atoms with Gasteiger partial charge in [0.15, 0.2) is 0 Å². The van der Waals surface area contributed by atoms with Crippen LogP contribution >= 0.6 is 0 Å². The summed E-state index contributed by atoms with van der Waals surface area (Å²) in [6, 6.07) is 12.0. The molecule has 1 aliphatic heterocycles. The van der Waals surface area contributed by atoms with E-state index in [0.717, 1.165) is 17.7 Å². The molecule has 1 aliphatic rings. The van der Waals surface area contributed by atoms with Crippen molar-refractivity contribution >= 4 is 11.8 Å². The van der Waals surface area contributed by atoms with Crippen LogP contribution in [0, 0.1) is 12.8 Å². The van der Waals surface area contributed by atoms with Crippen molar-refractivity contribution in [1.82, 2.24) is 10.2 Å². The van der Waals surface area contributed by atoms with Gasteiger partial charge in [0, 0.05) is 30.6 Å². The summed E-state index contributed by atoms with van der Waals surface area (Å²) in [5.41, 5.74) is 1.16. The normalized spacial score (nSPS) is 19.2. The lowest BCUT2D eigenvalue weighted by molar-refractivity contribution is -0.137. The molecule has 1 N–H and O–H groups in total. The van der Waals surface area contributed by atoms with Gasteiger partial charge in [-0.25, -0.2) is 0 Å². The number of nitrogens with zero attached hydrogens (tertiary/aromatic N) is 1. The van der Waals surface area contributed by atoms with Crippen molar-refractivity contribution in [3.05, 3.63) is 70.8 Å². The van der Waals surface area contributed by atoms with E-state index >= 15 is 0 Å². The highest BCUT2D eigenvalue weighted by Crippen LogP contribution is 2.37. The first-order valence-corrected chi connectivity index (χ1v) is 9.89. The third-order valence-corrected chi connectivity index (χ3v) is 5.32. The standard InChI is InChI=1S/C23H25F3N2O2/c1-14(2)27-21(29)20-13-28(22(30)16-9-7-15(3)8-10-16)12-19(20)17-5-4-6-18(11-17)23(24,25)26/h4-11,14,19-20H,12-13H2,1-3H3,(H,27,29)/t19-,20+/m0/s1. The predicted molar refractivity (Wildman–Crippen MR) is 108 cm³/mol. The molecular weight excluding hydrogens is 393 g/mol. The third kappa shape index (κ3) is 4.83. The molecule has 2 amide bonds. The second-order valence-corrected chi connectivity index (χ2v) is 8.08. The van der Waals surface area contributed by atoms with Crippen LogP contribution in [0.15, 0.2) is 48.5 Å². The maximum absolute atomic E-state index is 13.2. The predicted octanol–water partition coefficient (Wildman–Crippen LogP) is 4.39. The van der Waals surface area contributed by atoms with Crippen LogP contribution in [0.4, 0.5) is 13.2 Å². The van der Waals surface area contributed by atoms with E-state index < -0.39 is 23.6 Å². The molecule has 2 aromatic carbocycles. The molecule has 30 heavy (non-hydrogen) atoms. The molecule has 0 unspecified atom stereocenters. The molecule has 0 radical (unpaired) electrons. The first-order valence-electron chi connectivity index (χ1n) is 9.89. The van der Waals surface area contributed by atoms with E-state index in [1.54, 1.807) is 23.1 Å².